The summed E-state index contributed by atoms with van der Waals surface area (Å²) in [6, 6.07) is 18.2. The van der Waals surface area contributed by atoms with Gasteiger partial charge in [0.15, 0.2) is 0 Å². The lowest BCUT2D eigenvalue weighted by Gasteiger charge is -2.33. The second-order valence-electron chi connectivity index (χ2n) is 8.69. The molecule has 2 aromatic carbocycles. The molecule has 0 aliphatic carbocycles. The van der Waals surface area contributed by atoms with Crippen LogP contribution in [0.4, 0.5) is 0 Å². The minimum atomic E-state index is -0.439. The van der Waals surface area contributed by atoms with Crippen LogP contribution in [0.2, 0.25) is 0 Å². The average Bonchev–Trinajstić information content (AvgIpc) is 2.76. The Labute approximate surface area is 185 Å². The first-order valence-corrected chi connectivity index (χ1v) is 10.9. The van der Waals surface area contributed by atoms with E-state index in [0.717, 1.165) is 30.0 Å². The van der Waals surface area contributed by atoms with Crippen molar-refractivity contribution < 1.29 is 19.0 Å². The Balaban J connectivity index is 1.44. The lowest BCUT2D eigenvalue weighted by Crippen LogP contribution is -2.39. The van der Waals surface area contributed by atoms with Crippen molar-refractivity contribution in [1.82, 2.24) is 4.90 Å². The molecule has 0 aromatic heterocycles. The molecule has 1 unspecified atom stereocenters. The highest BCUT2D eigenvalue weighted by Gasteiger charge is 2.23. The number of benzene rings is 2. The summed E-state index contributed by atoms with van der Waals surface area (Å²) in [4.78, 5) is 14.2. The van der Waals surface area contributed by atoms with Crippen LogP contribution in [0.15, 0.2) is 60.7 Å². The summed E-state index contributed by atoms with van der Waals surface area (Å²) in [6.45, 7) is 9.13. The molecule has 1 aliphatic heterocycles. The van der Waals surface area contributed by atoms with E-state index in [0.29, 0.717) is 26.2 Å². The third kappa shape index (κ3) is 8.19. The van der Waals surface area contributed by atoms with Crippen LogP contribution in [0, 0.1) is 0 Å². The van der Waals surface area contributed by atoms with E-state index in [4.69, 9.17) is 14.2 Å². The van der Waals surface area contributed by atoms with Gasteiger partial charge in [-0.15, -0.1) is 0 Å². The number of hydrogen-bond donors (Lipinski definition) is 0. The third-order valence-electron chi connectivity index (χ3n) is 4.91. The number of morpholine rings is 1. The normalized spacial score (nSPS) is 17.6. The monoisotopic (exact) mass is 423 g/mol. The second kappa shape index (κ2) is 11.1. The largest absolute Gasteiger partial charge is 0.490 e. The smallest absolute Gasteiger partial charge is 0.307 e. The van der Waals surface area contributed by atoms with Gasteiger partial charge in [0.2, 0.25) is 0 Å². The van der Waals surface area contributed by atoms with Gasteiger partial charge in [-0.05, 0) is 50.1 Å². The minimum Gasteiger partial charge on any atom is -0.490 e. The third-order valence-corrected chi connectivity index (χ3v) is 4.91. The summed E-state index contributed by atoms with van der Waals surface area (Å²) in [6.07, 6.45) is 4.46. The second-order valence-corrected chi connectivity index (χ2v) is 8.69. The summed E-state index contributed by atoms with van der Waals surface area (Å²) in [7, 11) is 0. The molecule has 0 bridgehead atoms. The Hall–Kier alpha value is -2.63. The van der Waals surface area contributed by atoms with Crippen molar-refractivity contribution >= 4 is 12.0 Å². The highest BCUT2D eigenvalue weighted by atomic mass is 16.6. The van der Waals surface area contributed by atoms with Crippen LogP contribution in [0.1, 0.15) is 44.4 Å². The van der Waals surface area contributed by atoms with Crippen LogP contribution < -0.4 is 4.74 Å². The summed E-state index contributed by atoms with van der Waals surface area (Å²) >= 11 is 0. The first-order chi connectivity index (χ1) is 14.9. The van der Waals surface area contributed by atoms with E-state index in [1.165, 1.54) is 0 Å². The number of hydrogen-bond acceptors (Lipinski definition) is 5. The number of carbonyl (C=O) groups excluding carboxylic acids is 1. The van der Waals surface area contributed by atoms with Crippen LogP contribution >= 0.6 is 0 Å². The predicted molar refractivity (Wildman–Crippen MR) is 123 cm³/mol. The molecule has 31 heavy (non-hydrogen) atoms. The Morgan fingerprint density at radius 3 is 2.58 bits per heavy atom. The van der Waals surface area contributed by atoms with Crippen molar-refractivity contribution in [3.8, 4) is 5.75 Å². The molecule has 1 fully saturated rings. The Kier molecular flexibility index (Phi) is 8.27. The summed E-state index contributed by atoms with van der Waals surface area (Å²) in [5.74, 6) is 0.678. The zero-order valence-corrected chi connectivity index (χ0v) is 18.8. The fourth-order valence-corrected chi connectivity index (χ4v) is 3.42. The van der Waals surface area contributed by atoms with Gasteiger partial charge in [0.1, 0.15) is 18.0 Å². The Morgan fingerprint density at radius 2 is 1.87 bits per heavy atom. The number of nitrogens with zero attached hydrogens (tertiary/aromatic N) is 1. The summed E-state index contributed by atoms with van der Waals surface area (Å²) < 4.78 is 17.2. The lowest BCUT2D eigenvalue weighted by molar-refractivity contribution is -0.155. The molecular weight excluding hydrogens is 390 g/mol. The molecule has 2 aromatic rings. The highest BCUT2D eigenvalue weighted by molar-refractivity contribution is 5.70. The molecule has 1 saturated heterocycles. The highest BCUT2D eigenvalue weighted by Crippen LogP contribution is 2.24. The molecule has 5 heteroatoms. The molecule has 0 N–H and O–H groups in total. The molecule has 0 saturated carbocycles. The first-order valence-electron chi connectivity index (χ1n) is 10.9. The van der Waals surface area contributed by atoms with Crippen molar-refractivity contribution in [2.45, 2.75) is 38.9 Å². The summed E-state index contributed by atoms with van der Waals surface area (Å²) in [5.41, 5.74) is 1.84. The van der Waals surface area contributed by atoms with Crippen LogP contribution in [0.5, 0.6) is 5.75 Å². The van der Waals surface area contributed by atoms with Crippen LogP contribution in [0.25, 0.3) is 6.08 Å². The van der Waals surface area contributed by atoms with E-state index in [-0.39, 0.29) is 12.1 Å². The van der Waals surface area contributed by atoms with E-state index in [9.17, 15) is 4.79 Å². The maximum absolute atomic E-state index is 12.0. The van der Waals surface area contributed by atoms with Crippen molar-refractivity contribution in [3.05, 3.63) is 71.8 Å². The SMILES string of the molecule is CC(C)(C)OC(=O)CCN1CCOC(c2ccc(OCC=Cc3ccccc3)cc2)C1. The first kappa shape index (κ1) is 23.0. The van der Waals surface area contributed by atoms with Crippen LogP contribution in [-0.4, -0.2) is 49.3 Å². The topological polar surface area (TPSA) is 48.0 Å². The Bertz CT molecular complexity index is 840. The van der Waals surface area contributed by atoms with Crippen LogP contribution in [-0.2, 0) is 14.3 Å². The van der Waals surface area contributed by atoms with Crippen molar-refractivity contribution in [1.29, 1.82) is 0 Å². The number of esters is 1. The zero-order valence-electron chi connectivity index (χ0n) is 18.8. The van der Waals surface area contributed by atoms with Crippen molar-refractivity contribution in [2.24, 2.45) is 0 Å². The van der Waals surface area contributed by atoms with Gasteiger partial charge in [-0.25, -0.2) is 0 Å². The number of carbonyl (C=O) groups is 1. The van der Waals surface area contributed by atoms with Gasteiger partial charge in [-0.2, -0.15) is 0 Å². The van der Waals surface area contributed by atoms with Gasteiger partial charge in [-0.1, -0.05) is 48.5 Å². The van der Waals surface area contributed by atoms with Gasteiger partial charge in [0.05, 0.1) is 19.1 Å². The molecule has 1 atom stereocenters. The molecule has 1 aliphatic rings. The fourth-order valence-electron chi connectivity index (χ4n) is 3.42. The molecule has 0 spiro atoms. The van der Waals surface area contributed by atoms with Gasteiger partial charge in [-0.3, -0.25) is 9.69 Å². The van der Waals surface area contributed by atoms with Gasteiger partial charge < -0.3 is 14.2 Å². The molecule has 0 amide bonds. The molecule has 1 heterocycles. The fraction of sp³-hybridized carbons (Fsp3) is 0.423. The number of rotatable bonds is 8. The van der Waals surface area contributed by atoms with Crippen LogP contribution in [0.3, 0.4) is 0 Å². The minimum absolute atomic E-state index is 0.000544. The van der Waals surface area contributed by atoms with Crippen molar-refractivity contribution in [3.63, 3.8) is 0 Å². The van der Waals surface area contributed by atoms with E-state index in [2.05, 4.69) is 35.2 Å². The predicted octanol–water partition coefficient (Wildman–Crippen LogP) is 4.88. The van der Waals surface area contributed by atoms with Gasteiger partial charge >= 0.3 is 5.97 Å². The molecule has 3 rings (SSSR count). The van der Waals surface area contributed by atoms with Gasteiger partial charge in [0.25, 0.3) is 0 Å². The van der Waals surface area contributed by atoms with E-state index in [1.807, 2.05) is 57.2 Å². The maximum atomic E-state index is 12.0. The van der Waals surface area contributed by atoms with Gasteiger partial charge in [0, 0.05) is 19.6 Å². The molecule has 166 valence electrons. The molecule has 0 radical (unpaired) electrons. The quantitative estimate of drug-likeness (QED) is 0.566. The zero-order chi connectivity index (χ0) is 22.1. The Morgan fingerprint density at radius 1 is 1.13 bits per heavy atom. The maximum Gasteiger partial charge on any atom is 0.307 e. The molecule has 5 nitrogen and oxygen atoms in total. The average molecular weight is 424 g/mol. The van der Waals surface area contributed by atoms with E-state index < -0.39 is 5.60 Å². The molecular formula is C26H33NO4. The summed E-state index contributed by atoms with van der Waals surface area (Å²) in [5, 5.41) is 0. The standard InChI is InChI=1S/C26H33NO4/c1-26(2,3)31-25(28)15-16-27-17-19-30-24(20-27)22-11-13-23(14-12-22)29-18-7-10-21-8-5-4-6-9-21/h4-14,24H,15-20H2,1-3H3. The van der Waals surface area contributed by atoms with E-state index >= 15 is 0 Å². The number of ether oxygens (including phenoxy) is 3. The van der Waals surface area contributed by atoms with E-state index in [1.54, 1.807) is 0 Å². The lowest BCUT2D eigenvalue weighted by atomic mass is 10.1. The van der Waals surface area contributed by atoms with Crippen molar-refractivity contribution in [2.75, 3.05) is 32.8 Å².